The predicted octanol–water partition coefficient (Wildman–Crippen LogP) is 3.26. The normalized spacial score (nSPS) is 12.6. The van der Waals surface area contributed by atoms with Crippen LogP contribution in [0.4, 0.5) is 0 Å². The van der Waals surface area contributed by atoms with Crippen molar-refractivity contribution < 1.29 is 4.74 Å². The van der Waals surface area contributed by atoms with Gasteiger partial charge in [-0.2, -0.15) is 0 Å². The first kappa shape index (κ1) is 15.1. The molecule has 0 saturated heterocycles. The fourth-order valence-electron chi connectivity index (χ4n) is 2.30. The van der Waals surface area contributed by atoms with E-state index in [1.807, 2.05) is 6.20 Å². The molecule has 2 heterocycles. The molecule has 110 valence electrons. The third-order valence-corrected chi connectivity index (χ3v) is 4.30. The molecule has 5 heteroatoms. The zero-order valence-corrected chi connectivity index (χ0v) is 13.2. The van der Waals surface area contributed by atoms with Crippen molar-refractivity contribution in [3.05, 3.63) is 34.5 Å². The van der Waals surface area contributed by atoms with Crippen molar-refractivity contribution in [1.29, 1.82) is 0 Å². The van der Waals surface area contributed by atoms with Gasteiger partial charge in [-0.15, -0.1) is 11.3 Å². The smallest absolute Gasteiger partial charge is 0.129 e. The number of hydrogen-bond acceptors (Lipinski definition) is 4. The van der Waals surface area contributed by atoms with Gasteiger partial charge in [-0.05, 0) is 19.0 Å². The van der Waals surface area contributed by atoms with Crippen LogP contribution in [0.5, 0.6) is 5.75 Å². The Bertz CT molecular complexity index is 521. The lowest BCUT2D eigenvalue weighted by Crippen LogP contribution is -2.23. The van der Waals surface area contributed by atoms with Gasteiger partial charge in [0, 0.05) is 41.7 Å². The predicted molar refractivity (Wildman–Crippen MR) is 83.5 cm³/mol. The minimum Gasteiger partial charge on any atom is -0.496 e. The highest BCUT2D eigenvalue weighted by Crippen LogP contribution is 2.28. The Morgan fingerprint density at radius 3 is 2.95 bits per heavy atom. The van der Waals surface area contributed by atoms with Gasteiger partial charge in [-0.1, -0.05) is 13.8 Å². The standard InChI is InChI=1S/C15H23N3OS/c1-4-7-18-8-6-17-15(18)10-13(16-5-2)14-9-12(19-3)11-20-14/h6,8-9,11,13,16H,4-5,7,10H2,1-3H3. The molecule has 0 aliphatic rings. The molecule has 20 heavy (non-hydrogen) atoms. The average Bonchev–Trinajstić information content (AvgIpc) is 3.08. The molecule has 4 nitrogen and oxygen atoms in total. The number of nitrogens with zero attached hydrogens (tertiary/aromatic N) is 2. The van der Waals surface area contributed by atoms with E-state index in [0.717, 1.165) is 37.5 Å². The zero-order valence-electron chi connectivity index (χ0n) is 12.4. The molecule has 1 unspecified atom stereocenters. The number of aryl methyl sites for hydroxylation is 1. The van der Waals surface area contributed by atoms with Crippen molar-refractivity contribution >= 4 is 11.3 Å². The Balaban J connectivity index is 2.14. The molecule has 0 saturated carbocycles. The minimum absolute atomic E-state index is 0.298. The third-order valence-electron chi connectivity index (χ3n) is 3.28. The van der Waals surface area contributed by atoms with Gasteiger partial charge in [0.1, 0.15) is 11.6 Å². The highest BCUT2D eigenvalue weighted by molar-refractivity contribution is 7.10. The van der Waals surface area contributed by atoms with Crippen LogP contribution in [-0.4, -0.2) is 23.2 Å². The van der Waals surface area contributed by atoms with Crippen molar-refractivity contribution in [3.8, 4) is 5.75 Å². The fraction of sp³-hybridized carbons (Fsp3) is 0.533. The van der Waals surface area contributed by atoms with Crippen LogP contribution in [0.2, 0.25) is 0 Å². The topological polar surface area (TPSA) is 39.1 Å². The molecular formula is C15H23N3OS. The van der Waals surface area contributed by atoms with Gasteiger partial charge in [0.25, 0.3) is 0 Å². The quantitative estimate of drug-likeness (QED) is 0.812. The molecule has 0 radical (unpaired) electrons. The zero-order chi connectivity index (χ0) is 14.4. The van der Waals surface area contributed by atoms with Gasteiger partial charge >= 0.3 is 0 Å². The molecule has 0 spiro atoms. The number of likely N-dealkylation sites (N-methyl/N-ethyl adjacent to an activating group) is 1. The second-order valence-electron chi connectivity index (χ2n) is 4.74. The summed E-state index contributed by atoms with van der Waals surface area (Å²) in [6, 6.07) is 2.41. The van der Waals surface area contributed by atoms with Crippen LogP contribution in [0, 0.1) is 0 Å². The second-order valence-corrected chi connectivity index (χ2v) is 5.68. The fourth-order valence-corrected chi connectivity index (χ4v) is 3.23. The average molecular weight is 293 g/mol. The summed E-state index contributed by atoms with van der Waals surface area (Å²) in [6.07, 6.45) is 5.99. The van der Waals surface area contributed by atoms with Crippen molar-refractivity contribution in [1.82, 2.24) is 14.9 Å². The van der Waals surface area contributed by atoms with E-state index in [-0.39, 0.29) is 0 Å². The van der Waals surface area contributed by atoms with E-state index < -0.39 is 0 Å². The van der Waals surface area contributed by atoms with Crippen LogP contribution in [0.25, 0.3) is 0 Å². The number of thiophene rings is 1. The van der Waals surface area contributed by atoms with Crippen molar-refractivity contribution in [2.45, 2.75) is 39.3 Å². The summed E-state index contributed by atoms with van der Waals surface area (Å²) < 4.78 is 7.53. The van der Waals surface area contributed by atoms with Gasteiger partial charge in [-0.25, -0.2) is 4.98 Å². The maximum Gasteiger partial charge on any atom is 0.129 e. The molecule has 0 aliphatic carbocycles. The Morgan fingerprint density at radius 1 is 1.45 bits per heavy atom. The molecule has 0 aliphatic heterocycles. The van der Waals surface area contributed by atoms with Gasteiger partial charge in [0.15, 0.2) is 0 Å². The van der Waals surface area contributed by atoms with Crippen LogP contribution in [-0.2, 0) is 13.0 Å². The Labute approximate surface area is 124 Å². The first-order valence-corrected chi connectivity index (χ1v) is 8.02. The number of methoxy groups -OCH3 is 1. The summed E-state index contributed by atoms with van der Waals surface area (Å²) in [5, 5.41) is 5.60. The highest BCUT2D eigenvalue weighted by atomic mass is 32.1. The van der Waals surface area contributed by atoms with Crippen LogP contribution < -0.4 is 10.1 Å². The maximum absolute atomic E-state index is 5.28. The lowest BCUT2D eigenvalue weighted by molar-refractivity contribution is 0.415. The van der Waals surface area contributed by atoms with Crippen LogP contribution in [0.1, 0.15) is 37.0 Å². The summed E-state index contributed by atoms with van der Waals surface area (Å²) in [5.41, 5.74) is 0. The first-order chi connectivity index (χ1) is 9.78. The first-order valence-electron chi connectivity index (χ1n) is 7.14. The Hall–Kier alpha value is -1.33. The number of imidazole rings is 1. The lowest BCUT2D eigenvalue weighted by Gasteiger charge is -2.17. The van der Waals surface area contributed by atoms with Crippen LogP contribution in [0.15, 0.2) is 23.8 Å². The second kappa shape index (κ2) is 7.45. The number of rotatable bonds is 8. The summed E-state index contributed by atoms with van der Waals surface area (Å²) in [7, 11) is 1.71. The number of hydrogen-bond donors (Lipinski definition) is 1. The molecule has 0 aromatic carbocycles. The van der Waals surface area contributed by atoms with E-state index in [4.69, 9.17) is 4.74 Å². The maximum atomic E-state index is 5.28. The van der Waals surface area contributed by atoms with Gasteiger partial charge in [0.05, 0.1) is 7.11 Å². The summed E-state index contributed by atoms with van der Waals surface area (Å²) in [4.78, 5) is 5.81. The summed E-state index contributed by atoms with van der Waals surface area (Å²) in [5.74, 6) is 2.08. The minimum atomic E-state index is 0.298. The van der Waals surface area contributed by atoms with E-state index in [1.54, 1.807) is 18.4 Å². The molecular weight excluding hydrogens is 270 g/mol. The van der Waals surface area contributed by atoms with E-state index >= 15 is 0 Å². The molecule has 2 aromatic rings. The largest absolute Gasteiger partial charge is 0.496 e. The van der Waals surface area contributed by atoms with Crippen molar-refractivity contribution in [3.63, 3.8) is 0 Å². The van der Waals surface area contributed by atoms with E-state index in [2.05, 4.69) is 46.4 Å². The Kier molecular flexibility index (Phi) is 5.61. The molecule has 0 fully saturated rings. The van der Waals surface area contributed by atoms with Crippen LogP contribution in [0.3, 0.4) is 0 Å². The van der Waals surface area contributed by atoms with Crippen molar-refractivity contribution in [2.75, 3.05) is 13.7 Å². The summed E-state index contributed by atoms with van der Waals surface area (Å²) in [6.45, 7) is 6.30. The Morgan fingerprint density at radius 2 is 2.30 bits per heavy atom. The van der Waals surface area contributed by atoms with Gasteiger partial charge in [-0.3, -0.25) is 0 Å². The number of ether oxygens (including phenoxy) is 1. The lowest BCUT2D eigenvalue weighted by atomic mass is 10.1. The molecule has 2 rings (SSSR count). The van der Waals surface area contributed by atoms with E-state index in [9.17, 15) is 0 Å². The molecule has 1 atom stereocenters. The van der Waals surface area contributed by atoms with Crippen molar-refractivity contribution in [2.24, 2.45) is 0 Å². The molecule has 0 bridgehead atoms. The summed E-state index contributed by atoms with van der Waals surface area (Å²) >= 11 is 1.74. The van der Waals surface area contributed by atoms with Gasteiger partial charge in [0.2, 0.25) is 0 Å². The number of nitrogens with one attached hydrogen (secondary N) is 1. The van der Waals surface area contributed by atoms with E-state index in [0.29, 0.717) is 6.04 Å². The molecule has 2 aromatic heterocycles. The SMILES string of the molecule is CCCn1ccnc1CC(NCC)c1cc(OC)cs1. The number of aromatic nitrogens is 2. The highest BCUT2D eigenvalue weighted by Gasteiger charge is 2.16. The van der Waals surface area contributed by atoms with E-state index in [1.165, 1.54) is 4.88 Å². The van der Waals surface area contributed by atoms with Crippen LogP contribution >= 0.6 is 11.3 Å². The molecule has 0 amide bonds. The molecule has 1 N–H and O–H groups in total. The monoisotopic (exact) mass is 293 g/mol. The third kappa shape index (κ3) is 3.61. The van der Waals surface area contributed by atoms with Gasteiger partial charge < -0.3 is 14.6 Å².